The maximum absolute atomic E-state index is 13.7. The number of nitrogen functional groups attached to an aromatic ring is 1. The second-order valence-electron chi connectivity index (χ2n) is 4.53. The van der Waals surface area contributed by atoms with E-state index in [0.29, 0.717) is 27.7 Å². The first-order chi connectivity index (χ1) is 9.13. The van der Waals surface area contributed by atoms with E-state index in [9.17, 15) is 4.39 Å². The molecule has 0 spiro atoms. The van der Waals surface area contributed by atoms with Gasteiger partial charge in [0.1, 0.15) is 23.3 Å². The van der Waals surface area contributed by atoms with Gasteiger partial charge in [-0.1, -0.05) is 6.07 Å². The van der Waals surface area contributed by atoms with E-state index in [1.54, 1.807) is 18.2 Å². The van der Waals surface area contributed by atoms with Crippen LogP contribution in [-0.2, 0) is 0 Å². The zero-order valence-corrected chi connectivity index (χ0v) is 11.6. The lowest BCUT2D eigenvalue weighted by atomic mass is 10.3. The minimum atomic E-state index is -0.348. The van der Waals surface area contributed by atoms with Crippen molar-refractivity contribution in [1.82, 2.24) is 9.97 Å². The van der Waals surface area contributed by atoms with E-state index in [4.69, 9.17) is 5.73 Å². The second kappa shape index (κ2) is 4.77. The number of aromatic nitrogens is 2. The standard InChI is InChI=1S/C13H12BrFN4/c14-8-2-1-3-9(15)12(8)18-11-6-10(16)17-13(19-11)7-4-5-7/h1-3,6-7H,4-5H2,(H3,16,17,18,19). The van der Waals surface area contributed by atoms with Crippen LogP contribution in [0.15, 0.2) is 28.7 Å². The molecule has 0 bridgehead atoms. The Morgan fingerprint density at radius 1 is 1.32 bits per heavy atom. The quantitative estimate of drug-likeness (QED) is 0.906. The van der Waals surface area contributed by atoms with Crippen LogP contribution in [0.4, 0.5) is 21.7 Å². The lowest BCUT2D eigenvalue weighted by Gasteiger charge is -2.10. The van der Waals surface area contributed by atoms with Gasteiger partial charge >= 0.3 is 0 Å². The molecule has 4 nitrogen and oxygen atoms in total. The number of anilines is 3. The van der Waals surface area contributed by atoms with E-state index in [2.05, 4.69) is 31.2 Å². The van der Waals surface area contributed by atoms with Crippen molar-refractivity contribution in [3.63, 3.8) is 0 Å². The van der Waals surface area contributed by atoms with Crippen molar-refractivity contribution in [3.05, 3.63) is 40.4 Å². The van der Waals surface area contributed by atoms with Gasteiger partial charge < -0.3 is 11.1 Å². The monoisotopic (exact) mass is 322 g/mol. The van der Waals surface area contributed by atoms with Crippen LogP contribution in [-0.4, -0.2) is 9.97 Å². The molecule has 1 aliphatic carbocycles. The number of halogens is 2. The van der Waals surface area contributed by atoms with E-state index >= 15 is 0 Å². The molecule has 3 N–H and O–H groups in total. The zero-order chi connectivity index (χ0) is 13.4. The second-order valence-corrected chi connectivity index (χ2v) is 5.39. The molecule has 1 aliphatic rings. The number of hydrogen-bond acceptors (Lipinski definition) is 4. The van der Waals surface area contributed by atoms with Crippen molar-refractivity contribution in [1.29, 1.82) is 0 Å². The fraction of sp³-hybridized carbons (Fsp3) is 0.231. The zero-order valence-electron chi connectivity index (χ0n) is 10.0. The smallest absolute Gasteiger partial charge is 0.147 e. The highest BCUT2D eigenvalue weighted by molar-refractivity contribution is 9.10. The van der Waals surface area contributed by atoms with E-state index < -0.39 is 0 Å². The van der Waals surface area contributed by atoms with Crippen molar-refractivity contribution in [2.24, 2.45) is 0 Å². The highest BCUT2D eigenvalue weighted by atomic mass is 79.9. The molecular weight excluding hydrogens is 311 g/mol. The largest absolute Gasteiger partial charge is 0.384 e. The van der Waals surface area contributed by atoms with Crippen LogP contribution in [0, 0.1) is 5.82 Å². The van der Waals surface area contributed by atoms with Gasteiger partial charge in [-0.25, -0.2) is 14.4 Å². The number of para-hydroxylation sites is 1. The molecule has 1 heterocycles. The Morgan fingerprint density at radius 3 is 2.79 bits per heavy atom. The van der Waals surface area contributed by atoms with Gasteiger partial charge in [0.15, 0.2) is 0 Å². The summed E-state index contributed by atoms with van der Waals surface area (Å²) >= 11 is 3.31. The first kappa shape index (κ1) is 12.3. The molecule has 3 rings (SSSR count). The molecule has 0 atom stereocenters. The van der Waals surface area contributed by atoms with Crippen LogP contribution in [0.3, 0.4) is 0 Å². The number of rotatable bonds is 3. The third-order valence-electron chi connectivity index (χ3n) is 2.92. The summed E-state index contributed by atoms with van der Waals surface area (Å²) in [6, 6.07) is 6.39. The van der Waals surface area contributed by atoms with Gasteiger partial charge in [-0.05, 0) is 40.9 Å². The van der Waals surface area contributed by atoms with Gasteiger partial charge in [0, 0.05) is 16.5 Å². The van der Waals surface area contributed by atoms with E-state index in [1.807, 2.05) is 0 Å². The summed E-state index contributed by atoms with van der Waals surface area (Å²) in [5, 5.41) is 2.95. The normalized spacial score (nSPS) is 14.4. The van der Waals surface area contributed by atoms with Crippen molar-refractivity contribution < 1.29 is 4.39 Å². The first-order valence-corrected chi connectivity index (χ1v) is 6.78. The number of nitrogens with two attached hydrogens (primary N) is 1. The van der Waals surface area contributed by atoms with Gasteiger partial charge in [0.25, 0.3) is 0 Å². The van der Waals surface area contributed by atoms with Crippen molar-refractivity contribution >= 4 is 33.3 Å². The van der Waals surface area contributed by atoms with Crippen molar-refractivity contribution in [2.45, 2.75) is 18.8 Å². The van der Waals surface area contributed by atoms with Gasteiger partial charge in [-0.15, -0.1) is 0 Å². The predicted octanol–water partition coefficient (Wildman–Crippen LogP) is 3.58. The molecule has 2 aromatic rings. The Kier molecular flexibility index (Phi) is 3.10. The average molecular weight is 323 g/mol. The molecule has 98 valence electrons. The summed E-state index contributed by atoms with van der Waals surface area (Å²) in [6.45, 7) is 0. The van der Waals surface area contributed by atoms with Crippen LogP contribution in [0.5, 0.6) is 0 Å². The number of nitrogens with zero attached hydrogens (tertiary/aromatic N) is 2. The summed E-state index contributed by atoms with van der Waals surface area (Å²) in [6.07, 6.45) is 2.18. The number of nitrogens with one attached hydrogen (secondary N) is 1. The lowest BCUT2D eigenvalue weighted by Crippen LogP contribution is -2.04. The van der Waals surface area contributed by atoms with Crippen LogP contribution < -0.4 is 11.1 Å². The minimum absolute atomic E-state index is 0.348. The van der Waals surface area contributed by atoms with Gasteiger partial charge in [0.2, 0.25) is 0 Å². The molecule has 1 fully saturated rings. The summed E-state index contributed by atoms with van der Waals surface area (Å²) in [5.41, 5.74) is 6.11. The maximum atomic E-state index is 13.7. The molecule has 1 aromatic carbocycles. The fourth-order valence-electron chi connectivity index (χ4n) is 1.82. The van der Waals surface area contributed by atoms with Gasteiger partial charge in [0.05, 0.1) is 5.69 Å². The summed E-state index contributed by atoms with van der Waals surface area (Å²) < 4.78 is 14.4. The van der Waals surface area contributed by atoms with E-state index in [1.165, 1.54) is 6.07 Å². The van der Waals surface area contributed by atoms with Crippen LogP contribution in [0.1, 0.15) is 24.6 Å². The Morgan fingerprint density at radius 2 is 2.11 bits per heavy atom. The lowest BCUT2D eigenvalue weighted by molar-refractivity contribution is 0.631. The Labute approximate surface area is 118 Å². The molecule has 1 saturated carbocycles. The average Bonchev–Trinajstić information content (AvgIpc) is 3.17. The van der Waals surface area contributed by atoms with Crippen molar-refractivity contribution in [2.75, 3.05) is 11.1 Å². The summed E-state index contributed by atoms with van der Waals surface area (Å²) in [5.74, 6) is 1.69. The molecular formula is C13H12BrFN4. The summed E-state index contributed by atoms with van der Waals surface area (Å²) in [4.78, 5) is 8.59. The Bertz CT molecular complexity index is 608. The predicted molar refractivity (Wildman–Crippen MR) is 75.8 cm³/mol. The van der Waals surface area contributed by atoms with Crippen LogP contribution in [0.25, 0.3) is 0 Å². The SMILES string of the molecule is Nc1cc(Nc2c(F)cccc2Br)nc(C2CC2)n1. The molecule has 19 heavy (non-hydrogen) atoms. The molecule has 0 saturated heterocycles. The molecule has 0 radical (unpaired) electrons. The molecule has 1 aromatic heterocycles. The maximum Gasteiger partial charge on any atom is 0.147 e. The summed E-state index contributed by atoms with van der Waals surface area (Å²) in [7, 11) is 0. The third-order valence-corrected chi connectivity index (χ3v) is 3.58. The van der Waals surface area contributed by atoms with E-state index in [0.717, 1.165) is 18.7 Å². The molecule has 0 unspecified atom stereocenters. The Hall–Kier alpha value is -1.69. The first-order valence-electron chi connectivity index (χ1n) is 5.99. The molecule has 0 aliphatic heterocycles. The third kappa shape index (κ3) is 2.68. The van der Waals surface area contributed by atoms with E-state index in [-0.39, 0.29) is 5.82 Å². The molecule has 6 heteroatoms. The fourth-order valence-corrected chi connectivity index (χ4v) is 2.26. The van der Waals surface area contributed by atoms with Crippen LogP contribution in [0.2, 0.25) is 0 Å². The highest BCUT2D eigenvalue weighted by Crippen LogP contribution is 2.39. The Balaban J connectivity index is 1.94. The topological polar surface area (TPSA) is 63.8 Å². The van der Waals surface area contributed by atoms with Gasteiger partial charge in [-0.3, -0.25) is 0 Å². The highest BCUT2D eigenvalue weighted by Gasteiger charge is 2.27. The van der Waals surface area contributed by atoms with Crippen LogP contribution >= 0.6 is 15.9 Å². The number of hydrogen-bond donors (Lipinski definition) is 2. The van der Waals surface area contributed by atoms with Crippen molar-refractivity contribution in [3.8, 4) is 0 Å². The van der Waals surface area contributed by atoms with Gasteiger partial charge in [-0.2, -0.15) is 0 Å². The number of benzene rings is 1. The minimum Gasteiger partial charge on any atom is -0.384 e. The molecule has 0 amide bonds.